The summed E-state index contributed by atoms with van der Waals surface area (Å²) >= 11 is 0. The van der Waals surface area contributed by atoms with Crippen LogP contribution in [-0.2, 0) is 0 Å². The van der Waals surface area contributed by atoms with E-state index in [1.165, 1.54) is 0 Å². The van der Waals surface area contributed by atoms with Gasteiger partial charge in [-0.15, -0.1) is 0 Å². The minimum Gasteiger partial charge on any atom is -0.394 e. The average molecular weight is 177 g/mol. The Balaban J connectivity index is 2.22. The van der Waals surface area contributed by atoms with Crippen LogP contribution in [-0.4, -0.2) is 53.6 Å². The molecule has 0 bridgehead atoms. The zero-order valence-electron chi connectivity index (χ0n) is 7.12. The number of piperidine rings is 1. The van der Waals surface area contributed by atoms with Gasteiger partial charge in [-0.1, -0.05) is 0 Å². The van der Waals surface area contributed by atoms with Gasteiger partial charge in [0.25, 0.3) is 0 Å². The van der Waals surface area contributed by atoms with Crippen molar-refractivity contribution in [1.82, 2.24) is 4.90 Å². The van der Waals surface area contributed by atoms with Crippen molar-refractivity contribution in [3.63, 3.8) is 0 Å². The molecule has 1 fully saturated rings. The molecule has 0 saturated carbocycles. The van der Waals surface area contributed by atoms with Gasteiger partial charge in [0, 0.05) is 13.1 Å². The molecule has 0 aromatic heterocycles. The van der Waals surface area contributed by atoms with Crippen LogP contribution in [0.3, 0.4) is 0 Å². The summed E-state index contributed by atoms with van der Waals surface area (Å²) in [5.74, 6) is 0. The van der Waals surface area contributed by atoms with Gasteiger partial charge in [-0.2, -0.15) is 0 Å². The number of rotatable bonds is 3. The summed E-state index contributed by atoms with van der Waals surface area (Å²) in [7, 11) is 0. The third kappa shape index (κ3) is 3.05. The third-order valence-corrected chi connectivity index (χ3v) is 2.13. The van der Waals surface area contributed by atoms with Crippen LogP contribution in [0.4, 0.5) is 4.39 Å². The number of likely N-dealkylation sites (tertiary alicyclic amines) is 1. The van der Waals surface area contributed by atoms with Crippen LogP contribution in [0.1, 0.15) is 12.8 Å². The highest BCUT2D eigenvalue weighted by Crippen LogP contribution is 2.12. The van der Waals surface area contributed by atoms with Gasteiger partial charge in [0.2, 0.25) is 0 Å². The van der Waals surface area contributed by atoms with E-state index in [1.54, 1.807) is 0 Å². The fourth-order valence-corrected chi connectivity index (χ4v) is 1.52. The van der Waals surface area contributed by atoms with Gasteiger partial charge in [-0.3, -0.25) is 4.90 Å². The van der Waals surface area contributed by atoms with Gasteiger partial charge in [0.1, 0.15) is 6.17 Å². The zero-order chi connectivity index (χ0) is 8.97. The molecule has 0 aliphatic carbocycles. The molecule has 0 amide bonds. The highest BCUT2D eigenvalue weighted by atomic mass is 19.1. The van der Waals surface area contributed by atoms with E-state index in [0.29, 0.717) is 19.5 Å². The monoisotopic (exact) mass is 177 g/mol. The Bertz CT molecular complexity index is 134. The van der Waals surface area contributed by atoms with Crippen molar-refractivity contribution in [1.29, 1.82) is 0 Å². The van der Waals surface area contributed by atoms with Crippen LogP contribution >= 0.6 is 0 Å². The van der Waals surface area contributed by atoms with Gasteiger partial charge < -0.3 is 10.2 Å². The molecule has 0 radical (unpaired) electrons. The summed E-state index contributed by atoms with van der Waals surface area (Å²) in [6, 6.07) is 0. The van der Waals surface area contributed by atoms with Crippen LogP contribution in [0.15, 0.2) is 0 Å². The molecular formula is C8H16FNO2. The molecule has 0 aromatic rings. The van der Waals surface area contributed by atoms with Crippen molar-refractivity contribution in [2.45, 2.75) is 25.1 Å². The molecule has 1 heterocycles. The number of hydrogen-bond donors (Lipinski definition) is 2. The van der Waals surface area contributed by atoms with Crippen LogP contribution in [0.5, 0.6) is 0 Å². The number of aliphatic hydroxyl groups is 2. The van der Waals surface area contributed by atoms with Gasteiger partial charge in [-0.05, 0) is 19.4 Å². The maximum atomic E-state index is 12.8. The van der Waals surface area contributed by atoms with Crippen molar-refractivity contribution in [2.75, 3.05) is 26.2 Å². The first-order valence-electron chi connectivity index (χ1n) is 4.37. The summed E-state index contributed by atoms with van der Waals surface area (Å²) in [4.78, 5) is 1.86. The smallest absolute Gasteiger partial charge is 0.113 e. The van der Waals surface area contributed by atoms with Crippen LogP contribution in [0, 0.1) is 0 Å². The van der Waals surface area contributed by atoms with E-state index >= 15 is 0 Å². The average Bonchev–Trinajstić information content (AvgIpc) is 2.04. The Morgan fingerprint density at radius 1 is 1.58 bits per heavy atom. The second-order valence-corrected chi connectivity index (χ2v) is 3.34. The second-order valence-electron chi connectivity index (χ2n) is 3.34. The molecule has 3 nitrogen and oxygen atoms in total. The van der Waals surface area contributed by atoms with E-state index in [1.807, 2.05) is 4.90 Å². The molecule has 72 valence electrons. The topological polar surface area (TPSA) is 43.7 Å². The standard InChI is InChI=1S/C8H16FNO2/c9-7-2-1-3-10(4-7)5-8(12)6-11/h7-8,11-12H,1-6H2/t7-,8-/m1/s1. The largest absolute Gasteiger partial charge is 0.394 e. The molecule has 1 rings (SSSR count). The Kier molecular flexibility index (Phi) is 3.91. The second kappa shape index (κ2) is 4.74. The molecule has 0 unspecified atom stereocenters. The molecular weight excluding hydrogens is 161 g/mol. The van der Waals surface area contributed by atoms with Crippen LogP contribution < -0.4 is 0 Å². The lowest BCUT2D eigenvalue weighted by Gasteiger charge is -2.29. The summed E-state index contributed by atoms with van der Waals surface area (Å²) in [5.41, 5.74) is 0. The molecule has 4 heteroatoms. The van der Waals surface area contributed by atoms with E-state index in [9.17, 15) is 4.39 Å². The predicted molar refractivity (Wildman–Crippen MR) is 43.7 cm³/mol. The fraction of sp³-hybridized carbons (Fsp3) is 1.00. The van der Waals surface area contributed by atoms with Crippen molar-refractivity contribution in [2.24, 2.45) is 0 Å². The van der Waals surface area contributed by atoms with E-state index < -0.39 is 12.3 Å². The summed E-state index contributed by atoms with van der Waals surface area (Å²) in [6.07, 6.45) is -0.00895. The van der Waals surface area contributed by atoms with Crippen molar-refractivity contribution >= 4 is 0 Å². The van der Waals surface area contributed by atoms with Gasteiger partial charge in [0.15, 0.2) is 0 Å². The number of aliphatic hydroxyl groups excluding tert-OH is 2. The first-order chi connectivity index (χ1) is 5.72. The SMILES string of the molecule is OC[C@H](O)CN1CCC[C@@H](F)C1. The molecule has 1 aliphatic heterocycles. The first-order valence-corrected chi connectivity index (χ1v) is 4.37. The maximum Gasteiger partial charge on any atom is 0.113 e. The van der Waals surface area contributed by atoms with E-state index in [-0.39, 0.29) is 6.61 Å². The van der Waals surface area contributed by atoms with Gasteiger partial charge in [0.05, 0.1) is 12.7 Å². The normalized spacial score (nSPS) is 28.8. The highest BCUT2D eigenvalue weighted by Gasteiger charge is 2.20. The van der Waals surface area contributed by atoms with E-state index in [2.05, 4.69) is 0 Å². The Hall–Kier alpha value is -0.190. The quantitative estimate of drug-likeness (QED) is 0.626. The Morgan fingerprint density at radius 2 is 2.33 bits per heavy atom. The molecule has 1 aliphatic rings. The summed E-state index contributed by atoms with van der Waals surface area (Å²) in [5, 5.41) is 17.6. The number of halogens is 1. The maximum absolute atomic E-state index is 12.8. The molecule has 1 saturated heterocycles. The van der Waals surface area contributed by atoms with Gasteiger partial charge in [-0.25, -0.2) is 4.39 Å². The van der Waals surface area contributed by atoms with E-state index in [4.69, 9.17) is 10.2 Å². The predicted octanol–water partition coefficient (Wildman–Crippen LogP) is -0.227. The first kappa shape index (κ1) is 9.89. The third-order valence-electron chi connectivity index (χ3n) is 2.13. The summed E-state index contributed by atoms with van der Waals surface area (Å²) < 4.78 is 12.8. The molecule has 12 heavy (non-hydrogen) atoms. The summed E-state index contributed by atoms with van der Waals surface area (Å²) in [6.45, 7) is 1.37. The Labute approximate surface area is 71.8 Å². The molecule has 2 atom stereocenters. The zero-order valence-corrected chi connectivity index (χ0v) is 7.12. The van der Waals surface area contributed by atoms with Crippen molar-refractivity contribution in [3.05, 3.63) is 0 Å². The lowest BCUT2D eigenvalue weighted by Crippen LogP contribution is -2.41. The molecule has 0 spiro atoms. The number of hydrogen-bond acceptors (Lipinski definition) is 3. The fourth-order valence-electron chi connectivity index (χ4n) is 1.52. The van der Waals surface area contributed by atoms with Gasteiger partial charge >= 0.3 is 0 Å². The highest BCUT2D eigenvalue weighted by molar-refractivity contribution is 4.73. The van der Waals surface area contributed by atoms with Crippen molar-refractivity contribution < 1.29 is 14.6 Å². The van der Waals surface area contributed by atoms with Crippen LogP contribution in [0.2, 0.25) is 0 Å². The number of nitrogens with zero attached hydrogens (tertiary/aromatic N) is 1. The minimum absolute atomic E-state index is 0.243. The Morgan fingerprint density at radius 3 is 2.92 bits per heavy atom. The number of β-amino-alcohol motifs (C(OH)–C–C–N with tert-alkyl or cyclic N) is 1. The van der Waals surface area contributed by atoms with Crippen LogP contribution in [0.25, 0.3) is 0 Å². The minimum atomic E-state index is -0.760. The van der Waals surface area contributed by atoms with Crippen molar-refractivity contribution in [3.8, 4) is 0 Å². The lowest BCUT2D eigenvalue weighted by molar-refractivity contribution is 0.0393. The number of alkyl halides is 1. The molecule has 2 N–H and O–H groups in total. The molecule has 0 aromatic carbocycles. The lowest BCUT2D eigenvalue weighted by atomic mass is 10.1. The van der Waals surface area contributed by atoms with E-state index in [0.717, 1.165) is 13.0 Å².